The summed E-state index contributed by atoms with van der Waals surface area (Å²) >= 11 is 0. The molecule has 2 atom stereocenters. The largest absolute Gasteiger partial charge is 0.396 e. The Morgan fingerprint density at radius 3 is 3.11 bits per heavy atom. The molecule has 0 amide bonds. The van der Waals surface area contributed by atoms with Crippen LogP contribution in [0.15, 0.2) is 12.3 Å². The fraction of sp³-hybridized carbons (Fsp3) is 0.571. The lowest BCUT2D eigenvalue weighted by atomic mass is 9.97. The van der Waals surface area contributed by atoms with E-state index in [1.54, 1.807) is 12.3 Å². The van der Waals surface area contributed by atoms with Crippen LogP contribution < -0.4 is 11.1 Å². The van der Waals surface area contributed by atoms with Crippen LogP contribution in [0.5, 0.6) is 0 Å². The molecular weight excluding hydrogens is 238 g/mol. The molecule has 3 heterocycles. The number of pyridine rings is 1. The molecule has 3 N–H and O–H groups in total. The first kappa shape index (κ1) is 12.2. The van der Waals surface area contributed by atoms with Crippen molar-refractivity contribution in [1.29, 1.82) is 5.26 Å². The number of fused-ring (bicyclic) bond motifs is 1. The van der Waals surface area contributed by atoms with Crippen molar-refractivity contribution in [3.05, 3.63) is 17.8 Å². The summed E-state index contributed by atoms with van der Waals surface area (Å²) in [5.74, 6) is 0.718. The van der Waals surface area contributed by atoms with Crippen LogP contribution in [0, 0.1) is 11.3 Å². The second-order valence-corrected chi connectivity index (χ2v) is 5.47. The summed E-state index contributed by atoms with van der Waals surface area (Å²) in [6.07, 6.45) is 6.52. The van der Waals surface area contributed by atoms with Gasteiger partial charge in [-0.15, -0.1) is 0 Å². The zero-order valence-electron chi connectivity index (χ0n) is 11.0. The van der Waals surface area contributed by atoms with E-state index in [4.69, 9.17) is 11.0 Å². The molecule has 2 aliphatic heterocycles. The van der Waals surface area contributed by atoms with Crippen molar-refractivity contribution in [2.45, 2.75) is 37.8 Å². The zero-order chi connectivity index (χ0) is 13.2. The number of hydrogen-bond donors (Lipinski definition) is 2. The van der Waals surface area contributed by atoms with Gasteiger partial charge in [-0.05, 0) is 38.3 Å². The summed E-state index contributed by atoms with van der Waals surface area (Å²) < 4.78 is 0. The quantitative estimate of drug-likeness (QED) is 0.841. The van der Waals surface area contributed by atoms with Crippen LogP contribution in [-0.2, 0) is 0 Å². The molecule has 100 valence electrons. The van der Waals surface area contributed by atoms with E-state index in [2.05, 4.69) is 21.3 Å². The summed E-state index contributed by atoms with van der Waals surface area (Å²) in [5.41, 5.74) is 7.01. The molecule has 2 fully saturated rings. The van der Waals surface area contributed by atoms with Gasteiger partial charge in [0.15, 0.2) is 0 Å². The summed E-state index contributed by atoms with van der Waals surface area (Å²) in [7, 11) is 0. The Hall–Kier alpha value is -1.80. The Morgan fingerprint density at radius 2 is 2.32 bits per heavy atom. The van der Waals surface area contributed by atoms with E-state index in [9.17, 15) is 0 Å². The molecule has 2 aliphatic rings. The van der Waals surface area contributed by atoms with Crippen molar-refractivity contribution in [2.24, 2.45) is 0 Å². The molecule has 2 saturated heterocycles. The first-order chi connectivity index (χ1) is 9.26. The number of nitrogens with zero attached hydrogens (tertiary/aromatic N) is 3. The van der Waals surface area contributed by atoms with E-state index in [1.165, 1.54) is 32.4 Å². The van der Waals surface area contributed by atoms with Crippen molar-refractivity contribution >= 4 is 11.5 Å². The monoisotopic (exact) mass is 257 g/mol. The number of nitrogens with two attached hydrogens (primary N) is 1. The van der Waals surface area contributed by atoms with Crippen LogP contribution in [0.4, 0.5) is 11.5 Å². The molecule has 19 heavy (non-hydrogen) atoms. The minimum Gasteiger partial charge on any atom is -0.396 e. The third-order valence-electron chi connectivity index (χ3n) is 4.21. The van der Waals surface area contributed by atoms with Gasteiger partial charge in [-0.2, -0.15) is 5.26 Å². The van der Waals surface area contributed by atoms with Gasteiger partial charge >= 0.3 is 0 Å². The van der Waals surface area contributed by atoms with Crippen molar-refractivity contribution in [3.63, 3.8) is 0 Å². The highest BCUT2D eigenvalue weighted by atomic mass is 15.2. The van der Waals surface area contributed by atoms with Crippen LogP contribution in [0.3, 0.4) is 0 Å². The van der Waals surface area contributed by atoms with Crippen LogP contribution in [0.2, 0.25) is 0 Å². The zero-order valence-corrected chi connectivity index (χ0v) is 11.0. The van der Waals surface area contributed by atoms with Crippen molar-refractivity contribution < 1.29 is 0 Å². The second-order valence-electron chi connectivity index (χ2n) is 5.47. The Bertz CT molecular complexity index is 507. The molecular formula is C14H19N5. The maximum atomic E-state index is 8.81. The average molecular weight is 257 g/mol. The third kappa shape index (κ3) is 2.49. The summed E-state index contributed by atoms with van der Waals surface area (Å²) in [6.45, 7) is 2.42. The summed E-state index contributed by atoms with van der Waals surface area (Å²) in [6, 6.07) is 4.91. The first-order valence-electron chi connectivity index (χ1n) is 6.92. The maximum Gasteiger partial charge on any atom is 0.149 e. The van der Waals surface area contributed by atoms with E-state index < -0.39 is 0 Å². The molecule has 2 unspecified atom stereocenters. The van der Waals surface area contributed by atoms with E-state index in [0.717, 1.165) is 18.3 Å². The Labute approximate surface area is 113 Å². The maximum absolute atomic E-state index is 8.81. The van der Waals surface area contributed by atoms with Crippen LogP contribution in [-0.4, -0.2) is 35.1 Å². The molecule has 0 bridgehead atoms. The van der Waals surface area contributed by atoms with Gasteiger partial charge in [0.05, 0.1) is 11.3 Å². The van der Waals surface area contributed by atoms with Gasteiger partial charge in [0, 0.05) is 24.8 Å². The number of nitriles is 1. The number of piperidine rings is 1. The van der Waals surface area contributed by atoms with Gasteiger partial charge in [0.1, 0.15) is 11.9 Å². The highest BCUT2D eigenvalue weighted by Gasteiger charge is 2.31. The number of rotatable bonds is 2. The Morgan fingerprint density at radius 1 is 1.42 bits per heavy atom. The number of hydrogen-bond acceptors (Lipinski definition) is 5. The lowest BCUT2D eigenvalue weighted by molar-refractivity contribution is 0.188. The predicted octanol–water partition coefficient (Wildman–Crippen LogP) is 1.57. The van der Waals surface area contributed by atoms with E-state index in [0.29, 0.717) is 17.3 Å². The van der Waals surface area contributed by atoms with Crippen molar-refractivity contribution in [2.75, 3.05) is 24.1 Å². The topological polar surface area (TPSA) is 78.0 Å². The first-order valence-corrected chi connectivity index (χ1v) is 6.92. The van der Waals surface area contributed by atoms with Crippen LogP contribution in [0.1, 0.15) is 31.2 Å². The molecule has 0 aliphatic carbocycles. The predicted molar refractivity (Wildman–Crippen MR) is 74.6 cm³/mol. The number of anilines is 2. The molecule has 0 aromatic carbocycles. The van der Waals surface area contributed by atoms with E-state index in [1.807, 2.05) is 0 Å². The molecule has 1 aromatic rings. The smallest absolute Gasteiger partial charge is 0.149 e. The lowest BCUT2D eigenvalue weighted by Crippen LogP contribution is -2.42. The summed E-state index contributed by atoms with van der Waals surface area (Å²) in [4.78, 5) is 6.85. The molecule has 3 rings (SSSR count). The molecule has 0 saturated carbocycles. The molecule has 1 aromatic heterocycles. The Balaban J connectivity index is 1.67. The SMILES string of the molecule is N#Cc1cnc(NC2CCN3CCCC3C2)c(N)c1. The second kappa shape index (κ2) is 5.06. The standard InChI is InChI=1S/C14H19N5/c15-8-10-6-13(16)14(17-9-10)18-11-3-5-19-4-1-2-12(19)7-11/h6,9,11-12H,1-5,7,16H2,(H,17,18). The van der Waals surface area contributed by atoms with E-state index in [-0.39, 0.29) is 0 Å². The van der Waals surface area contributed by atoms with Crippen LogP contribution >= 0.6 is 0 Å². The molecule has 0 spiro atoms. The fourth-order valence-electron chi connectivity index (χ4n) is 3.21. The molecule has 5 nitrogen and oxygen atoms in total. The molecule has 0 radical (unpaired) electrons. The number of aromatic nitrogens is 1. The number of nitrogen functional groups attached to an aromatic ring is 1. The summed E-state index contributed by atoms with van der Waals surface area (Å²) in [5, 5.41) is 12.2. The number of nitrogens with one attached hydrogen (secondary N) is 1. The average Bonchev–Trinajstić information content (AvgIpc) is 2.88. The third-order valence-corrected chi connectivity index (χ3v) is 4.21. The van der Waals surface area contributed by atoms with Gasteiger partial charge in [-0.25, -0.2) is 4.98 Å². The van der Waals surface area contributed by atoms with Gasteiger partial charge in [0.2, 0.25) is 0 Å². The highest BCUT2D eigenvalue weighted by Crippen LogP contribution is 2.29. The lowest BCUT2D eigenvalue weighted by Gasteiger charge is -2.35. The minimum atomic E-state index is 0.446. The Kier molecular flexibility index (Phi) is 3.26. The van der Waals surface area contributed by atoms with Crippen molar-refractivity contribution in [3.8, 4) is 6.07 Å². The fourth-order valence-corrected chi connectivity index (χ4v) is 3.21. The van der Waals surface area contributed by atoms with Gasteiger partial charge in [-0.1, -0.05) is 0 Å². The highest BCUT2D eigenvalue weighted by molar-refractivity contribution is 5.63. The van der Waals surface area contributed by atoms with Gasteiger partial charge in [0.25, 0.3) is 0 Å². The van der Waals surface area contributed by atoms with Gasteiger partial charge < -0.3 is 16.0 Å². The normalized spacial score (nSPS) is 26.7. The van der Waals surface area contributed by atoms with E-state index >= 15 is 0 Å². The van der Waals surface area contributed by atoms with Gasteiger partial charge in [-0.3, -0.25) is 0 Å². The minimum absolute atomic E-state index is 0.446. The van der Waals surface area contributed by atoms with Crippen molar-refractivity contribution in [1.82, 2.24) is 9.88 Å². The van der Waals surface area contributed by atoms with Crippen LogP contribution in [0.25, 0.3) is 0 Å². The molecule has 5 heteroatoms.